The lowest BCUT2D eigenvalue weighted by Crippen LogP contribution is -2.38. The molecule has 0 radical (unpaired) electrons. The van der Waals surface area contributed by atoms with Crippen LogP contribution in [-0.2, 0) is 34.3 Å². The number of nitrogens with zero attached hydrogens (tertiary/aromatic N) is 7. The Morgan fingerprint density at radius 2 is 1.65 bits per heavy atom. The number of carbonyl (C=O) groups excluding carboxylic acids is 1. The summed E-state index contributed by atoms with van der Waals surface area (Å²) in [5.74, 6) is -4.57. The Labute approximate surface area is 351 Å². The number of hydrogen-bond acceptors (Lipinski definition) is 8. The molecule has 0 aliphatic heterocycles. The number of benzene rings is 3. The fourth-order valence-electron chi connectivity index (χ4n) is 7.26. The van der Waals surface area contributed by atoms with E-state index in [0.717, 1.165) is 32.3 Å². The lowest BCUT2D eigenvalue weighted by molar-refractivity contribution is -0.122. The molecule has 1 atom stereocenters. The van der Waals surface area contributed by atoms with Crippen molar-refractivity contribution in [1.82, 2.24) is 39.4 Å². The van der Waals surface area contributed by atoms with Crippen molar-refractivity contribution in [2.45, 2.75) is 57.2 Å². The summed E-state index contributed by atoms with van der Waals surface area (Å²) < 4.78 is 130. The molecule has 1 fully saturated rings. The summed E-state index contributed by atoms with van der Waals surface area (Å²) in [6.07, 6.45) is -4.42. The van der Waals surface area contributed by atoms with Gasteiger partial charge in [-0.15, -0.1) is 0 Å². The summed E-state index contributed by atoms with van der Waals surface area (Å²) in [5.41, 5.74) is -2.01. The number of carbonyl (C=O) groups is 1. The molecule has 0 unspecified atom stereocenters. The van der Waals surface area contributed by atoms with Crippen molar-refractivity contribution in [2.24, 2.45) is 0 Å². The first-order valence-corrected chi connectivity index (χ1v) is 20.9. The molecule has 1 aliphatic carbocycles. The van der Waals surface area contributed by atoms with Crippen LogP contribution in [-0.4, -0.2) is 61.1 Å². The Bertz CT molecular complexity index is 3060. The number of hydrogen-bond donors (Lipinski definition) is 2. The van der Waals surface area contributed by atoms with Gasteiger partial charge in [0.15, 0.2) is 11.5 Å². The number of pyridine rings is 1. The van der Waals surface area contributed by atoms with Crippen LogP contribution < -0.4 is 15.6 Å². The normalized spacial score (nSPS) is 13.7. The van der Waals surface area contributed by atoms with E-state index >= 15 is 4.39 Å². The minimum absolute atomic E-state index is 0.0251. The number of nitrogens with one attached hydrogen (secondary N) is 2. The molecule has 8 rings (SSSR count). The van der Waals surface area contributed by atoms with Crippen LogP contribution in [0.4, 0.5) is 36.6 Å². The molecule has 1 aliphatic rings. The van der Waals surface area contributed by atoms with Gasteiger partial charge in [-0.25, -0.2) is 49.1 Å². The summed E-state index contributed by atoms with van der Waals surface area (Å²) in [5, 5.41) is 10.1. The summed E-state index contributed by atoms with van der Waals surface area (Å²) in [6.45, 7) is -1.77. The Kier molecular flexibility index (Phi) is 11.3. The van der Waals surface area contributed by atoms with Gasteiger partial charge in [0.1, 0.15) is 42.1 Å². The van der Waals surface area contributed by atoms with Crippen LogP contribution in [0, 0.1) is 17.5 Å². The molecule has 7 aromatic rings. The van der Waals surface area contributed by atoms with Crippen LogP contribution in [0.25, 0.3) is 38.9 Å². The van der Waals surface area contributed by atoms with Gasteiger partial charge in [-0.05, 0) is 73.0 Å². The van der Waals surface area contributed by atoms with Crippen molar-refractivity contribution in [3.05, 3.63) is 128 Å². The van der Waals surface area contributed by atoms with Crippen LogP contribution in [0.5, 0.6) is 0 Å². The zero-order valence-electron chi connectivity index (χ0n) is 32.0. The molecular weight excluding hydrogens is 871 g/mol. The number of amides is 1. The second kappa shape index (κ2) is 16.5. The van der Waals surface area contributed by atoms with E-state index in [1.54, 1.807) is 6.07 Å². The average Bonchev–Trinajstić information content (AvgIpc) is 3.85. The molecule has 22 heteroatoms. The van der Waals surface area contributed by atoms with E-state index < -0.39 is 94.7 Å². The fraction of sp³-hybridized carbons (Fsp3) is 0.250. The first-order chi connectivity index (χ1) is 29.4. The van der Waals surface area contributed by atoms with E-state index in [9.17, 15) is 44.3 Å². The number of sulfonamides is 1. The Balaban J connectivity index is 1.39. The van der Waals surface area contributed by atoms with E-state index in [4.69, 9.17) is 11.6 Å². The van der Waals surface area contributed by atoms with Crippen molar-refractivity contribution < 1.29 is 43.9 Å². The van der Waals surface area contributed by atoms with E-state index in [1.807, 2.05) is 0 Å². The van der Waals surface area contributed by atoms with Crippen LogP contribution in [0.3, 0.4) is 0 Å². The van der Waals surface area contributed by atoms with Gasteiger partial charge < -0.3 is 5.32 Å². The zero-order valence-corrected chi connectivity index (χ0v) is 33.5. The molecule has 322 valence electrons. The van der Waals surface area contributed by atoms with Gasteiger partial charge in [0, 0.05) is 29.7 Å². The third-order valence-electron chi connectivity index (χ3n) is 9.91. The third-order valence-corrected chi connectivity index (χ3v) is 10.8. The van der Waals surface area contributed by atoms with Crippen molar-refractivity contribution in [3.63, 3.8) is 0 Å². The fourth-order valence-corrected chi connectivity index (χ4v) is 8.00. The highest BCUT2D eigenvalue weighted by molar-refractivity contribution is 7.92. The first-order valence-electron chi connectivity index (χ1n) is 18.7. The molecule has 0 bridgehead atoms. The quantitative estimate of drug-likeness (QED) is 0.106. The largest absolute Gasteiger partial charge is 0.344 e. The van der Waals surface area contributed by atoms with Crippen molar-refractivity contribution in [1.29, 1.82) is 0 Å². The average molecular weight is 902 g/mol. The lowest BCUT2D eigenvalue weighted by Gasteiger charge is -2.24. The Morgan fingerprint density at radius 3 is 2.31 bits per heavy atom. The molecule has 4 aromatic heterocycles. The first kappa shape index (κ1) is 42.3. The highest BCUT2D eigenvalue weighted by Gasteiger charge is 2.32. The number of rotatable bonds is 14. The van der Waals surface area contributed by atoms with Gasteiger partial charge in [0.05, 0.1) is 45.0 Å². The van der Waals surface area contributed by atoms with E-state index in [2.05, 4.69) is 30.2 Å². The van der Waals surface area contributed by atoms with Crippen LogP contribution in [0.15, 0.2) is 77.6 Å². The van der Waals surface area contributed by atoms with E-state index in [1.165, 1.54) is 48.5 Å². The topological polar surface area (TPSA) is 159 Å². The summed E-state index contributed by atoms with van der Waals surface area (Å²) in [6, 6.07) is 12.8. The molecule has 1 saturated carbocycles. The molecule has 0 spiro atoms. The summed E-state index contributed by atoms with van der Waals surface area (Å²) in [4.78, 5) is 38.2. The van der Waals surface area contributed by atoms with Crippen LogP contribution in [0.2, 0.25) is 5.02 Å². The predicted molar refractivity (Wildman–Crippen MR) is 213 cm³/mol. The standard InChI is InChI=1S/C40H31ClF7N9O4S/c1-62(60,61)54-38-34-25(41)9-11-30(35(34)56(53-38)17-32(45)46)57-39(51-37-24(40(57)59)8-10-27(50-37)23-4-2-3-5-26(23)44)29(14-19-12-21(42)15-22(43)13-19)49-33(58)18-55-31(20-6-7-20)16-28(52-55)36(47)48/h2-5,8-13,15-16,20,29,32,36H,6-7,14,17-18H2,1H3,(H,49,58)(H,53,54)/t29-/m0/s1. The SMILES string of the molecule is CS(=O)(=O)Nc1nn(CC(F)F)c2c(-n3c([C@H](Cc4cc(F)cc(F)c4)NC(=O)Cn4nc(C(F)F)cc4C4CC4)nc4nc(-c5ccccc5F)ccc4c3=O)ccc(Cl)c12. The molecule has 3 aromatic carbocycles. The van der Waals surface area contributed by atoms with Gasteiger partial charge in [0.2, 0.25) is 15.9 Å². The molecular formula is C40H31ClF7N9O4S. The smallest absolute Gasteiger partial charge is 0.282 e. The highest BCUT2D eigenvalue weighted by atomic mass is 35.5. The maximum Gasteiger partial charge on any atom is 0.282 e. The zero-order chi connectivity index (χ0) is 44.2. The second-order valence-corrected chi connectivity index (χ2v) is 16.7. The molecule has 0 saturated heterocycles. The van der Waals surface area contributed by atoms with Crippen molar-refractivity contribution in [3.8, 4) is 16.9 Å². The number of halogens is 8. The van der Waals surface area contributed by atoms with Gasteiger partial charge >= 0.3 is 0 Å². The lowest BCUT2D eigenvalue weighted by atomic mass is 10.0. The number of fused-ring (bicyclic) bond motifs is 2. The number of anilines is 1. The van der Waals surface area contributed by atoms with E-state index in [-0.39, 0.29) is 55.4 Å². The summed E-state index contributed by atoms with van der Waals surface area (Å²) in [7, 11) is -4.10. The van der Waals surface area contributed by atoms with Crippen LogP contribution in [0.1, 0.15) is 54.0 Å². The van der Waals surface area contributed by atoms with Crippen molar-refractivity contribution in [2.75, 3.05) is 11.0 Å². The van der Waals surface area contributed by atoms with Gasteiger partial charge in [-0.1, -0.05) is 23.7 Å². The van der Waals surface area contributed by atoms with Crippen LogP contribution >= 0.6 is 11.6 Å². The highest BCUT2D eigenvalue weighted by Crippen LogP contribution is 2.41. The summed E-state index contributed by atoms with van der Waals surface area (Å²) >= 11 is 6.57. The predicted octanol–water partition coefficient (Wildman–Crippen LogP) is 7.62. The van der Waals surface area contributed by atoms with E-state index in [0.29, 0.717) is 24.6 Å². The second-order valence-electron chi connectivity index (χ2n) is 14.6. The minimum atomic E-state index is -4.10. The molecule has 4 heterocycles. The van der Waals surface area contributed by atoms with Gasteiger partial charge in [-0.3, -0.25) is 28.2 Å². The number of aromatic nitrogens is 7. The minimum Gasteiger partial charge on any atom is -0.344 e. The molecule has 2 N–H and O–H groups in total. The van der Waals surface area contributed by atoms with Gasteiger partial charge in [0.25, 0.3) is 18.4 Å². The Morgan fingerprint density at radius 1 is 0.919 bits per heavy atom. The van der Waals surface area contributed by atoms with Crippen molar-refractivity contribution >= 4 is 55.3 Å². The third kappa shape index (κ3) is 8.71. The molecule has 1 amide bonds. The number of alkyl halides is 4. The Hall–Kier alpha value is -6.35. The maximum atomic E-state index is 15.0. The monoisotopic (exact) mass is 901 g/mol. The molecule has 62 heavy (non-hydrogen) atoms. The maximum absolute atomic E-state index is 15.0. The van der Waals surface area contributed by atoms with Gasteiger partial charge in [-0.2, -0.15) is 10.2 Å². The molecule has 13 nitrogen and oxygen atoms in total.